The Balaban J connectivity index is 2.02. The fraction of sp³-hybridized carbons (Fsp3) is 1.00. The SMILES string of the molecule is F[C@@H]1CC2NCCC2N1. The van der Waals surface area contributed by atoms with Gasteiger partial charge in [-0.3, -0.25) is 5.32 Å². The Morgan fingerprint density at radius 1 is 1.33 bits per heavy atom. The van der Waals surface area contributed by atoms with Gasteiger partial charge in [-0.1, -0.05) is 0 Å². The first-order valence-electron chi connectivity index (χ1n) is 3.50. The summed E-state index contributed by atoms with van der Waals surface area (Å²) >= 11 is 0. The van der Waals surface area contributed by atoms with E-state index in [4.69, 9.17) is 0 Å². The normalized spacial score (nSPS) is 49.7. The third-order valence-electron chi connectivity index (χ3n) is 2.20. The van der Waals surface area contributed by atoms with Crippen molar-refractivity contribution in [2.75, 3.05) is 6.54 Å². The monoisotopic (exact) mass is 130 g/mol. The molecule has 0 saturated carbocycles. The van der Waals surface area contributed by atoms with Crippen molar-refractivity contribution in [2.24, 2.45) is 0 Å². The topological polar surface area (TPSA) is 24.1 Å². The summed E-state index contributed by atoms with van der Waals surface area (Å²) in [6.07, 6.45) is 0.989. The lowest BCUT2D eigenvalue weighted by Gasteiger charge is -2.05. The molecule has 0 amide bonds. The summed E-state index contributed by atoms with van der Waals surface area (Å²) in [5.41, 5.74) is 0. The van der Waals surface area contributed by atoms with E-state index < -0.39 is 6.30 Å². The van der Waals surface area contributed by atoms with E-state index in [1.165, 1.54) is 0 Å². The molecule has 2 N–H and O–H groups in total. The number of alkyl halides is 1. The van der Waals surface area contributed by atoms with E-state index in [1.54, 1.807) is 0 Å². The molecule has 2 saturated heterocycles. The van der Waals surface area contributed by atoms with Crippen molar-refractivity contribution in [3.05, 3.63) is 0 Å². The summed E-state index contributed by atoms with van der Waals surface area (Å²) in [6, 6.07) is 0.833. The van der Waals surface area contributed by atoms with Crippen molar-refractivity contribution in [3.63, 3.8) is 0 Å². The van der Waals surface area contributed by atoms with Crippen LogP contribution in [-0.2, 0) is 0 Å². The number of fused-ring (bicyclic) bond motifs is 1. The first-order chi connectivity index (χ1) is 4.36. The number of hydrogen-bond donors (Lipinski definition) is 2. The van der Waals surface area contributed by atoms with Crippen LogP contribution < -0.4 is 10.6 Å². The van der Waals surface area contributed by atoms with Crippen LogP contribution in [0.4, 0.5) is 4.39 Å². The summed E-state index contributed by atoms with van der Waals surface area (Å²) in [5.74, 6) is 0. The average Bonchev–Trinajstić information content (AvgIpc) is 2.22. The van der Waals surface area contributed by atoms with Crippen LogP contribution in [0.25, 0.3) is 0 Å². The average molecular weight is 130 g/mol. The Morgan fingerprint density at radius 2 is 2.22 bits per heavy atom. The molecule has 3 heteroatoms. The van der Waals surface area contributed by atoms with Gasteiger partial charge in [0.2, 0.25) is 0 Å². The highest BCUT2D eigenvalue weighted by Crippen LogP contribution is 2.20. The molecule has 2 unspecified atom stereocenters. The summed E-state index contributed by atoms with van der Waals surface area (Å²) in [5, 5.41) is 6.13. The Hall–Kier alpha value is -0.150. The first kappa shape index (κ1) is 5.62. The van der Waals surface area contributed by atoms with Gasteiger partial charge in [-0.05, 0) is 13.0 Å². The molecule has 2 aliphatic rings. The third kappa shape index (κ3) is 0.843. The predicted molar refractivity (Wildman–Crippen MR) is 32.8 cm³/mol. The van der Waals surface area contributed by atoms with Gasteiger partial charge in [0.15, 0.2) is 6.30 Å². The molecule has 0 aliphatic carbocycles. The number of rotatable bonds is 0. The van der Waals surface area contributed by atoms with Crippen molar-refractivity contribution < 1.29 is 4.39 Å². The Morgan fingerprint density at radius 3 is 3.00 bits per heavy atom. The van der Waals surface area contributed by atoms with Gasteiger partial charge >= 0.3 is 0 Å². The molecule has 0 aromatic heterocycles. The molecular weight excluding hydrogens is 119 g/mol. The fourth-order valence-electron chi connectivity index (χ4n) is 1.74. The van der Waals surface area contributed by atoms with Crippen LogP contribution >= 0.6 is 0 Å². The summed E-state index contributed by atoms with van der Waals surface area (Å²) < 4.78 is 12.5. The van der Waals surface area contributed by atoms with Crippen molar-refractivity contribution in [1.29, 1.82) is 0 Å². The van der Waals surface area contributed by atoms with E-state index >= 15 is 0 Å². The highest BCUT2D eigenvalue weighted by Gasteiger charge is 2.36. The minimum absolute atomic E-state index is 0.417. The van der Waals surface area contributed by atoms with Crippen LogP contribution in [0.3, 0.4) is 0 Å². The molecule has 52 valence electrons. The molecule has 2 aliphatic heterocycles. The number of halogens is 1. The minimum Gasteiger partial charge on any atom is -0.312 e. The molecule has 2 heterocycles. The summed E-state index contributed by atoms with van der Waals surface area (Å²) in [4.78, 5) is 0. The smallest absolute Gasteiger partial charge is 0.153 e. The van der Waals surface area contributed by atoms with Gasteiger partial charge < -0.3 is 5.32 Å². The van der Waals surface area contributed by atoms with Gasteiger partial charge in [0.25, 0.3) is 0 Å². The lowest BCUT2D eigenvalue weighted by Crippen LogP contribution is -2.30. The van der Waals surface area contributed by atoms with Crippen LogP contribution in [0.1, 0.15) is 12.8 Å². The predicted octanol–water partition coefficient (Wildman–Crippen LogP) is 0.00580. The lowest BCUT2D eigenvalue weighted by atomic mass is 10.1. The molecule has 0 radical (unpaired) electrons. The molecule has 2 nitrogen and oxygen atoms in total. The Bertz CT molecular complexity index is 106. The zero-order valence-electron chi connectivity index (χ0n) is 5.23. The second kappa shape index (κ2) is 1.92. The van der Waals surface area contributed by atoms with Crippen molar-refractivity contribution in [1.82, 2.24) is 10.6 Å². The molecule has 2 fully saturated rings. The standard InChI is InChI=1S/C6H11FN2/c7-6-3-5-4(9-6)1-2-8-5/h4-6,8-9H,1-3H2/t4?,5?,6-/m0/s1. The largest absolute Gasteiger partial charge is 0.312 e. The second-order valence-corrected chi connectivity index (χ2v) is 2.83. The van der Waals surface area contributed by atoms with Crippen molar-refractivity contribution in [2.45, 2.75) is 31.2 Å². The van der Waals surface area contributed by atoms with Crippen molar-refractivity contribution in [3.8, 4) is 0 Å². The van der Waals surface area contributed by atoms with Crippen LogP contribution in [-0.4, -0.2) is 24.9 Å². The maximum Gasteiger partial charge on any atom is 0.153 e. The molecule has 2 rings (SSSR count). The zero-order valence-corrected chi connectivity index (χ0v) is 5.23. The molecule has 9 heavy (non-hydrogen) atoms. The number of nitrogens with one attached hydrogen (secondary N) is 2. The Labute approximate surface area is 53.8 Å². The fourth-order valence-corrected chi connectivity index (χ4v) is 1.74. The van der Waals surface area contributed by atoms with E-state index in [1.807, 2.05) is 0 Å². The van der Waals surface area contributed by atoms with Crippen LogP contribution in [0.15, 0.2) is 0 Å². The quantitative estimate of drug-likeness (QED) is 0.451. The van der Waals surface area contributed by atoms with Gasteiger partial charge in [-0.25, -0.2) is 4.39 Å². The summed E-state index contributed by atoms with van der Waals surface area (Å²) in [7, 11) is 0. The zero-order chi connectivity index (χ0) is 6.27. The van der Waals surface area contributed by atoms with Crippen LogP contribution in [0, 0.1) is 0 Å². The van der Waals surface area contributed by atoms with Crippen LogP contribution in [0.2, 0.25) is 0 Å². The maximum absolute atomic E-state index is 12.5. The first-order valence-corrected chi connectivity index (χ1v) is 3.50. The van der Waals surface area contributed by atoms with E-state index in [-0.39, 0.29) is 0 Å². The number of hydrogen-bond acceptors (Lipinski definition) is 2. The molecular formula is C6H11FN2. The minimum atomic E-state index is -0.757. The van der Waals surface area contributed by atoms with Gasteiger partial charge in [-0.2, -0.15) is 0 Å². The van der Waals surface area contributed by atoms with Gasteiger partial charge in [0.05, 0.1) is 0 Å². The molecule has 0 spiro atoms. The van der Waals surface area contributed by atoms with Gasteiger partial charge in [0.1, 0.15) is 0 Å². The molecule has 3 atom stereocenters. The van der Waals surface area contributed by atoms with Gasteiger partial charge in [0, 0.05) is 18.5 Å². The molecule has 0 bridgehead atoms. The summed E-state index contributed by atoms with van der Waals surface area (Å²) in [6.45, 7) is 1.05. The van der Waals surface area contributed by atoms with Gasteiger partial charge in [-0.15, -0.1) is 0 Å². The van der Waals surface area contributed by atoms with E-state index in [2.05, 4.69) is 10.6 Å². The highest BCUT2D eigenvalue weighted by molar-refractivity contribution is 4.96. The highest BCUT2D eigenvalue weighted by atomic mass is 19.1. The molecule has 0 aromatic carbocycles. The van der Waals surface area contributed by atoms with E-state index in [0.717, 1.165) is 13.0 Å². The third-order valence-corrected chi connectivity index (χ3v) is 2.20. The molecule has 0 aromatic rings. The van der Waals surface area contributed by atoms with E-state index in [0.29, 0.717) is 18.5 Å². The van der Waals surface area contributed by atoms with E-state index in [9.17, 15) is 4.39 Å². The van der Waals surface area contributed by atoms with Crippen LogP contribution in [0.5, 0.6) is 0 Å². The van der Waals surface area contributed by atoms with Crippen molar-refractivity contribution >= 4 is 0 Å². The maximum atomic E-state index is 12.5. The lowest BCUT2D eigenvalue weighted by molar-refractivity contribution is 0.292. The second-order valence-electron chi connectivity index (χ2n) is 2.83. The Kier molecular flexibility index (Phi) is 1.20.